The Hall–Kier alpha value is -1.66. The fraction of sp³-hybridized carbons (Fsp3) is 0.533. The van der Waals surface area contributed by atoms with Gasteiger partial charge in [0.2, 0.25) is 0 Å². The summed E-state index contributed by atoms with van der Waals surface area (Å²) >= 11 is 0. The van der Waals surface area contributed by atoms with E-state index < -0.39 is 5.82 Å². The first-order valence-corrected chi connectivity index (χ1v) is 7.21. The van der Waals surface area contributed by atoms with Gasteiger partial charge in [-0.2, -0.15) is 0 Å². The number of likely N-dealkylation sites (tertiary alicyclic amines) is 1. The maximum Gasteiger partial charge on any atom is 0.251 e. The molecule has 5 nitrogen and oxygen atoms in total. The zero-order chi connectivity index (χ0) is 15.2. The number of carbonyl (C=O) groups is 1. The number of piperidine rings is 1. The second-order valence-electron chi connectivity index (χ2n) is 5.23. The van der Waals surface area contributed by atoms with E-state index >= 15 is 0 Å². The van der Waals surface area contributed by atoms with E-state index in [4.69, 9.17) is 10.5 Å². The van der Waals surface area contributed by atoms with E-state index in [0.29, 0.717) is 12.1 Å². The molecule has 0 aliphatic carbocycles. The smallest absolute Gasteiger partial charge is 0.251 e. The number of nitrogens with two attached hydrogens (primary N) is 1. The Balaban J connectivity index is 1.89. The topological polar surface area (TPSA) is 67.6 Å². The number of rotatable bonds is 5. The number of nitrogens with zero attached hydrogens (tertiary/aromatic N) is 1. The van der Waals surface area contributed by atoms with Gasteiger partial charge in [-0.3, -0.25) is 4.79 Å². The van der Waals surface area contributed by atoms with Crippen molar-refractivity contribution in [1.29, 1.82) is 0 Å². The minimum Gasteiger partial charge on any atom is -0.494 e. The Labute approximate surface area is 124 Å². The fourth-order valence-corrected chi connectivity index (χ4v) is 2.56. The van der Waals surface area contributed by atoms with Crippen LogP contribution in [0.1, 0.15) is 23.2 Å². The molecule has 1 aromatic rings. The molecule has 1 fully saturated rings. The van der Waals surface area contributed by atoms with Crippen LogP contribution in [-0.4, -0.2) is 50.1 Å². The fourth-order valence-electron chi connectivity index (χ4n) is 2.56. The van der Waals surface area contributed by atoms with Crippen LogP contribution in [0.3, 0.4) is 0 Å². The van der Waals surface area contributed by atoms with Crippen LogP contribution in [0, 0.1) is 5.82 Å². The van der Waals surface area contributed by atoms with Crippen molar-refractivity contribution in [2.24, 2.45) is 5.73 Å². The molecule has 0 spiro atoms. The van der Waals surface area contributed by atoms with E-state index in [1.807, 2.05) is 0 Å². The predicted octanol–water partition coefficient (Wildman–Crippen LogP) is 0.987. The summed E-state index contributed by atoms with van der Waals surface area (Å²) in [6.45, 7) is 3.41. The number of hydrogen-bond donors (Lipinski definition) is 2. The van der Waals surface area contributed by atoms with E-state index in [1.54, 1.807) is 6.07 Å². The van der Waals surface area contributed by atoms with E-state index in [1.165, 1.54) is 19.2 Å². The Morgan fingerprint density at radius 1 is 1.48 bits per heavy atom. The van der Waals surface area contributed by atoms with Gasteiger partial charge in [-0.15, -0.1) is 0 Å². The van der Waals surface area contributed by atoms with Crippen molar-refractivity contribution in [2.45, 2.75) is 18.9 Å². The van der Waals surface area contributed by atoms with Crippen LogP contribution in [0.25, 0.3) is 0 Å². The monoisotopic (exact) mass is 295 g/mol. The molecule has 1 saturated heterocycles. The summed E-state index contributed by atoms with van der Waals surface area (Å²) in [5, 5.41) is 2.96. The molecular weight excluding hydrogens is 273 g/mol. The first-order chi connectivity index (χ1) is 10.1. The molecule has 0 radical (unpaired) electrons. The lowest BCUT2D eigenvalue weighted by Crippen LogP contribution is -2.45. The van der Waals surface area contributed by atoms with Gasteiger partial charge in [0.15, 0.2) is 11.6 Å². The minimum atomic E-state index is -0.525. The van der Waals surface area contributed by atoms with Crippen LogP contribution in [-0.2, 0) is 0 Å². The summed E-state index contributed by atoms with van der Waals surface area (Å²) in [6.07, 6.45) is 1.79. The van der Waals surface area contributed by atoms with Crippen LogP contribution < -0.4 is 15.8 Å². The molecular formula is C15H22FN3O2. The Bertz CT molecular complexity index is 488. The molecule has 2 rings (SSSR count). The first-order valence-electron chi connectivity index (χ1n) is 7.21. The first kappa shape index (κ1) is 15.7. The quantitative estimate of drug-likeness (QED) is 0.850. The molecule has 1 heterocycles. The maximum absolute atomic E-state index is 13.6. The van der Waals surface area contributed by atoms with Gasteiger partial charge in [-0.1, -0.05) is 0 Å². The molecule has 21 heavy (non-hydrogen) atoms. The Morgan fingerprint density at radius 2 is 2.19 bits per heavy atom. The van der Waals surface area contributed by atoms with Gasteiger partial charge in [-0.25, -0.2) is 4.39 Å². The molecule has 116 valence electrons. The molecule has 1 amide bonds. The molecule has 0 saturated carbocycles. The van der Waals surface area contributed by atoms with Gasteiger partial charge in [0.1, 0.15) is 0 Å². The van der Waals surface area contributed by atoms with Gasteiger partial charge in [0.05, 0.1) is 7.11 Å². The Morgan fingerprint density at radius 3 is 2.76 bits per heavy atom. The molecule has 6 heteroatoms. The van der Waals surface area contributed by atoms with Crippen molar-refractivity contribution in [3.8, 4) is 5.75 Å². The lowest BCUT2D eigenvalue weighted by molar-refractivity contribution is 0.0911. The normalized spacial score (nSPS) is 16.7. The standard InChI is InChI=1S/C15H22FN3O2/c1-21-14-3-2-11(10-13(14)16)15(20)18-12-4-7-19(8-5-12)9-6-17/h2-3,10,12H,4-9,17H2,1H3,(H,18,20). The van der Waals surface area contributed by atoms with E-state index in [2.05, 4.69) is 10.2 Å². The van der Waals surface area contributed by atoms with Crippen molar-refractivity contribution in [3.63, 3.8) is 0 Å². The number of ether oxygens (including phenoxy) is 1. The average molecular weight is 295 g/mol. The number of methoxy groups -OCH3 is 1. The van der Waals surface area contributed by atoms with Gasteiger partial charge < -0.3 is 20.7 Å². The SMILES string of the molecule is COc1ccc(C(=O)NC2CCN(CCN)CC2)cc1F. The molecule has 0 unspecified atom stereocenters. The summed E-state index contributed by atoms with van der Waals surface area (Å²) in [5.41, 5.74) is 5.85. The number of halogens is 1. The summed E-state index contributed by atoms with van der Waals surface area (Å²) in [5.74, 6) is -0.626. The van der Waals surface area contributed by atoms with Crippen molar-refractivity contribution >= 4 is 5.91 Å². The molecule has 0 bridgehead atoms. The molecule has 0 atom stereocenters. The Kier molecular flexibility index (Phi) is 5.52. The third-order valence-corrected chi connectivity index (χ3v) is 3.78. The number of amides is 1. The van der Waals surface area contributed by atoms with Crippen LogP contribution in [0.15, 0.2) is 18.2 Å². The zero-order valence-electron chi connectivity index (χ0n) is 12.3. The second-order valence-corrected chi connectivity index (χ2v) is 5.23. The van der Waals surface area contributed by atoms with Crippen molar-refractivity contribution in [2.75, 3.05) is 33.3 Å². The van der Waals surface area contributed by atoms with Crippen molar-refractivity contribution in [1.82, 2.24) is 10.2 Å². The summed E-state index contributed by atoms with van der Waals surface area (Å²) in [4.78, 5) is 14.4. The lowest BCUT2D eigenvalue weighted by atomic mass is 10.0. The molecule has 1 aliphatic heterocycles. The highest BCUT2D eigenvalue weighted by atomic mass is 19.1. The van der Waals surface area contributed by atoms with E-state index in [0.717, 1.165) is 32.5 Å². The van der Waals surface area contributed by atoms with Crippen LogP contribution >= 0.6 is 0 Å². The third-order valence-electron chi connectivity index (χ3n) is 3.78. The highest BCUT2D eigenvalue weighted by Gasteiger charge is 2.21. The van der Waals surface area contributed by atoms with Gasteiger partial charge in [0, 0.05) is 37.8 Å². The van der Waals surface area contributed by atoms with E-state index in [-0.39, 0.29) is 17.7 Å². The minimum absolute atomic E-state index is 0.136. The molecule has 1 aliphatic rings. The highest BCUT2D eigenvalue weighted by Crippen LogP contribution is 2.18. The second kappa shape index (κ2) is 7.38. The van der Waals surface area contributed by atoms with Crippen LogP contribution in [0.4, 0.5) is 4.39 Å². The van der Waals surface area contributed by atoms with Crippen LogP contribution in [0.5, 0.6) is 5.75 Å². The number of hydrogen-bond acceptors (Lipinski definition) is 4. The predicted molar refractivity (Wildman–Crippen MR) is 78.9 cm³/mol. The summed E-state index contributed by atoms with van der Waals surface area (Å²) in [6, 6.07) is 4.38. The molecule has 1 aromatic carbocycles. The van der Waals surface area contributed by atoms with Crippen molar-refractivity contribution in [3.05, 3.63) is 29.6 Å². The van der Waals surface area contributed by atoms with E-state index in [9.17, 15) is 9.18 Å². The van der Waals surface area contributed by atoms with Gasteiger partial charge in [-0.05, 0) is 31.0 Å². The molecule has 3 N–H and O–H groups in total. The van der Waals surface area contributed by atoms with Crippen molar-refractivity contribution < 1.29 is 13.9 Å². The van der Waals surface area contributed by atoms with Crippen LogP contribution in [0.2, 0.25) is 0 Å². The number of benzene rings is 1. The summed E-state index contributed by atoms with van der Waals surface area (Å²) in [7, 11) is 1.40. The zero-order valence-corrected chi connectivity index (χ0v) is 12.3. The number of carbonyl (C=O) groups excluding carboxylic acids is 1. The lowest BCUT2D eigenvalue weighted by Gasteiger charge is -2.32. The summed E-state index contributed by atoms with van der Waals surface area (Å²) < 4.78 is 18.4. The third kappa shape index (κ3) is 4.15. The molecule has 0 aromatic heterocycles. The highest BCUT2D eigenvalue weighted by molar-refractivity contribution is 5.94. The largest absolute Gasteiger partial charge is 0.494 e. The number of nitrogens with one attached hydrogen (secondary N) is 1. The average Bonchev–Trinajstić information content (AvgIpc) is 2.49. The van der Waals surface area contributed by atoms with Gasteiger partial charge in [0.25, 0.3) is 5.91 Å². The maximum atomic E-state index is 13.6. The van der Waals surface area contributed by atoms with Gasteiger partial charge >= 0.3 is 0 Å².